The molecule has 0 bridgehead atoms. The van der Waals surface area contributed by atoms with Crippen molar-refractivity contribution >= 4 is 19.4 Å². The van der Waals surface area contributed by atoms with Gasteiger partial charge in [-0.05, 0) is 38.0 Å². The number of carbonyl (C=O) groups is 2. The highest BCUT2D eigenvalue weighted by Gasteiger charge is 2.24. The monoisotopic (exact) mass is 356 g/mol. The van der Waals surface area contributed by atoms with Gasteiger partial charge < -0.3 is 20.1 Å². The summed E-state index contributed by atoms with van der Waals surface area (Å²) in [6.45, 7) is 5.86. The van der Waals surface area contributed by atoms with E-state index in [1.165, 1.54) is 0 Å². The summed E-state index contributed by atoms with van der Waals surface area (Å²) >= 11 is 0. The zero-order valence-electron chi connectivity index (χ0n) is 14.3. The second-order valence-corrected chi connectivity index (χ2v) is 7.19. The second kappa shape index (κ2) is 9.57. The molecular weight excluding hydrogens is 331 g/mol. The highest BCUT2D eigenvalue weighted by atomic mass is 31.2. The first-order valence-corrected chi connectivity index (χ1v) is 9.65. The van der Waals surface area contributed by atoms with Crippen LogP contribution < -0.4 is 11.1 Å². The number of nitrogens with one attached hydrogen (secondary N) is 1. The fourth-order valence-corrected chi connectivity index (χ4v) is 3.82. The first-order chi connectivity index (χ1) is 11.3. The molecule has 0 fully saturated rings. The van der Waals surface area contributed by atoms with Gasteiger partial charge in [0, 0.05) is 5.56 Å². The van der Waals surface area contributed by atoms with Crippen LogP contribution in [-0.2, 0) is 24.6 Å². The van der Waals surface area contributed by atoms with Crippen LogP contribution in [0.25, 0.3) is 0 Å². The van der Waals surface area contributed by atoms with Crippen molar-refractivity contribution in [2.24, 2.45) is 5.73 Å². The van der Waals surface area contributed by atoms with Crippen LogP contribution >= 0.6 is 7.60 Å². The molecule has 1 aromatic rings. The zero-order valence-corrected chi connectivity index (χ0v) is 15.2. The predicted molar refractivity (Wildman–Crippen MR) is 91.7 cm³/mol. The normalized spacial score (nSPS) is 12.6. The number of hydrogen-bond donors (Lipinski definition) is 2. The maximum absolute atomic E-state index is 12.5. The van der Waals surface area contributed by atoms with Crippen molar-refractivity contribution in [3.63, 3.8) is 0 Å². The molecule has 134 valence electrons. The molecule has 0 aliphatic carbocycles. The number of benzene rings is 1. The Morgan fingerprint density at radius 3 is 2.08 bits per heavy atom. The van der Waals surface area contributed by atoms with Crippen LogP contribution in [0.5, 0.6) is 0 Å². The SMILES string of the molecule is CCOP(=O)(Cc1ccc(C(=O)N[C@@H](CC)C(N)=O)cc1)OCC. The number of amides is 2. The Hall–Kier alpha value is -1.69. The molecule has 0 saturated heterocycles. The van der Waals surface area contributed by atoms with Crippen LogP contribution in [-0.4, -0.2) is 31.1 Å². The van der Waals surface area contributed by atoms with E-state index in [1.54, 1.807) is 45.0 Å². The molecule has 7 nitrogen and oxygen atoms in total. The zero-order chi connectivity index (χ0) is 18.2. The van der Waals surface area contributed by atoms with Gasteiger partial charge in [0.05, 0.1) is 19.4 Å². The summed E-state index contributed by atoms with van der Waals surface area (Å²) in [5, 5.41) is 2.57. The first-order valence-electron chi connectivity index (χ1n) is 7.92. The van der Waals surface area contributed by atoms with Gasteiger partial charge in [0.2, 0.25) is 5.91 Å². The van der Waals surface area contributed by atoms with Crippen molar-refractivity contribution in [2.45, 2.75) is 39.4 Å². The molecule has 0 aliphatic heterocycles. The third-order valence-electron chi connectivity index (χ3n) is 3.30. The third kappa shape index (κ3) is 6.07. The van der Waals surface area contributed by atoms with E-state index in [1.807, 2.05) is 0 Å². The van der Waals surface area contributed by atoms with Crippen LogP contribution in [0.2, 0.25) is 0 Å². The van der Waals surface area contributed by atoms with Crippen LogP contribution in [0.1, 0.15) is 43.1 Å². The molecule has 0 spiro atoms. The largest absolute Gasteiger partial charge is 0.368 e. The molecule has 0 aliphatic rings. The van der Waals surface area contributed by atoms with E-state index in [0.717, 1.165) is 5.56 Å². The molecule has 8 heteroatoms. The highest BCUT2D eigenvalue weighted by Crippen LogP contribution is 2.51. The minimum Gasteiger partial charge on any atom is -0.368 e. The summed E-state index contributed by atoms with van der Waals surface area (Å²) in [5.74, 6) is -0.957. The topological polar surface area (TPSA) is 108 Å². The van der Waals surface area contributed by atoms with Gasteiger partial charge in [0.25, 0.3) is 5.91 Å². The minimum atomic E-state index is -3.18. The van der Waals surface area contributed by atoms with Gasteiger partial charge in [-0.15, -0.1) is 0 Å². The second-order valence-electron chi connectivity index (χ2n) is 5.14. The van der Waals surface area contributed by atoms with Gasteiger partial charge in [-0.25, -0.2) is 0 Å². The fraction of sp³-hybridized carbons (Fsp3) is 0.500. The van der Waals surface area contributed by atoms with E-state index < -0.39 is 19.5 Å². The van der Waals surface area contributed by atoms with Crippen molar-refractivity contribution in [1.29, 1.82) is 0 Å². The Balaban J connectivity index is 2.79. The molecule has 0 saturated carbocycles. The van der Waals surface area contributed by atoms with Gasteiger partial charge >= 0.3 is 7.60 Å². The summed E-state index contributed by atoms with van der Waals surface area (Å²) in [6, 6.07) is 5.87. The van der Waals surface area contributed by atoms with Crippen molar-refractivity contribution in [1.82, 2.24) is 5.32 Å². The lowest BCUT2D eigenvalue weighted by atomic mass is 10.1. The van der Waals surface area contributed by atoms with E-state index >= 15 is 0 Å². The Labute approximate surface area is 142 Å². The molecule has 3 N–H and O–H groups in total. The maximum Gasteiger partial charge on any atom is 0.335 e. The number of primary amides is 1. The Kier molecular flexibility index (Phi) is 8.11. The third-order valence-corrected chi connectivity index (χ3v) is 5.36. The van der Waals surface area contributed by atoms with Crippen molar-refractivity contribution in [2.75, 3.05) is 13.2 Å². The standard InChI is InChI=1S/C16H25N2O5P/c1-4-14(15(17)19)18-16(20)13-9-7-12(8-10-13)11-24(21,22-5-2)23-6-3/h7-10,14H,4-6,11H2,1-3H3,(H2,17,19)(H,18,20)/t14-/m0/s1. The van der Waals surface area contributed by atoms with Gasteiger partial charge in [-0.3, -0.25) is 14.2 Å². The average molecular weight is 356 g/mol. The molecule has 1 rings (SSSR count). The lowest BCUT2D eigenvalue weighted by Gasteiger charge is -2.17. The van der Waals surface area contributed by atoms with Crippen molar-refractivity contribution < 1.29 is 23.2 Å². The lowest BCUT2D eigenvalue weighted by molar-refractivity contribution is -0.119. The minimum absolute atomic E-state index is 0.134. The lowest BCUT2D eigenvalue weighted by Crippen LogP contribution is -2.43. The van der Waals surface area contributed by atoms with Crippen LogP contribution in [0.3, 0.4) is 0 Å². The van der Waals surface area contributed by atoms with Crippen molar-refractivity contribution in [3.05, 3.63) is 35.4 Å². The molecule has 0 aromatic heterocycles. The van der Waals surface area contributed by atoms with E-state index in [4.69, 9.17) is 14.8 Å². The van der Waals surface area contributed by atoms with Crippen LogP contribution in [0, 0.1) is 0 Å². The Morgan fingerprint density at radius 2 is 1.67 bits per heavy atom. The molecule has 0 heterocycles. The number of hydrogen-bond acceptors (Lipinski definition) is 5. The molecule has 1 aromatic carbocycles. The van der Waals surface area contributed by atoms with Crippen LogP contribution in [0.4, 0.5) is 0 Å². The van der Waals surface area contributed by atoms with E-state index in [0.29, 0.717) is 25.2 Å². The smallest absolute Gasteiger partial charge is 0.335 e. The molecule has 2 amide bonds. The Bertz CT molecular complexity index is 593. The van der Waals surface area contributed by atoms with E-state index in [2.05, 4.69) is 5.32 Å². The number of carbonyl (C=O) groups excluding carboxylic acids is 2. The predicted octanol–water partition coefficient (Wildman–Crippen LogP) is 2.45. The summed E-state index contributed by atoms with van der Waals surface area (Å²) in [4.78, 5) is 23.3. The van der Waals surface area contributed by atoms with Crippen LogP contribution in [0.15, 0.2) is 24.3 Å². The molecule has 24 heavy (non-hydrogen) atoms. The maximum atomic E-state index is 12.5. The van der Waals surface area contributed by atoms with Gasteiger partial charge in [0.1, 0.15) is 6.04 Å². The van der Waals surface area contributed by atoms with E-state index in [9.17, 15) is 14.2 Å². The molecule has 0 unspecified atom stereocenters. The summed E-state index contributed by atoms with van der Waals surface area (Å²) in [6.07, 6.45) is 0.556. The fourth-order valence-electron chi connectivity index (χ4n) is 2.12. The van der Waals surface area contributed by atoms with Gasteiger partial charge in [-0.1, -0.05) is 19.1 Å². The summed E-state index contributed by atoms with van der Waals surface area (Å²) < 4.78 is 23.0. The first kappa shape index (κ1) is 20.4. The van der Waals surface area contributed by atoms with E-state index in [-0.39, 0.29) is 12.1 Å². The number of rotatable bonds is 10. The molecule has 0 radical (unpaired) electrons. The molecular formula is C16H25N2O5P. The van der Waals surface area contributed by atoms with Crippen molar-refractivity contribution in [3.8, 4) is 0 Å². The van der Waals surface area contributed by atoms with Gasteiger partial charge in [0.15, 0.2) is 0 Å². The highest BCUT2D eigenvalue weighted by molar-refractivity contribution is 7.53. The number of nitrogens with two attached hydrogens (primary N) is 1. The quantitative estimate of drug-likeness (QED) is 0.626. The Morgan fingerprint density at radius 1 is 1.12 bits per heavy atom. The summed E-state index contributed by atoms with van der Waals surface area (Å²) in [5.41, 5.74) is 6.34. The van der Waals surface area contributed by atoms with Gasteiger partial charge in [-0.2, -0.15) is 0 Å². The summed E-state index contributed by atoms with van der Waals surface area (Å²) in [7, 11) is -3.18. The average Bonchev–Trinajstić information content (AvgIpc) is 2.53. The molecule has 1 atom stereocenters.